The molecule has 0 saturated carbocycles. The third kappa shape index (κ3) is 3.30. The summed E-state index contributed by atoms with van der Waals surface area (Å²) in [5, 5.41) is 1.03. The van der Waals surface area contributed by atoms with Crippen molar-refractivity contribution in [3.05, 3.63) is 40.2 Å². The van der Waals surface area contributed by atoms with Crippen LogP contribution in [0.5, 0.6) is 0 Å². The molecule has 0 atom stereocenters. The quantitative estimate of drug-likeness (QED) is 0.912. The average Bonchev–Trinajstić information content (AvgIpc) is 2.77. The molecule has 5 heteroatoms. The van der Waals surface area contributed by atoms with Crippen molar-refractivity contribution >= 4 is 16.5 Å². The fourth-order valence-corrected chi connectivity index (χ4v) is 2.94. The molecule has 2 heterocycles. The van der Waals surface area contributed by atoms with Gasteiger partial charge >= 0.3 is 0 Å². The zero-order valence-electron chi connectivity index (χ0n) is 11.7. The number of nitrogens with two attached hydrogens (primary N) is 1. The molecular weight excluding hydrogens is 256 g/mol. The lowest BCUT2D eigenvalue weighted by Gasteiger charge is -2.19. The molecule has 2 rings (SSSR count). The first-order valence-corrected chi connectivity index (χ1v) is 7.29. The Hall–Kier alpha value is -1.46. The molecule has 0 aromatic carbocycles. The number of rotatable bonds is 5. The molecule has 0 bridgehead atoms. The van der Waals surface area contributed by atoms with Gasteiger partial charge in [0, 0.05) is 23.7 Å². The Labute approximate surface area is 118 Å². The maximum absolute atomic E-state index is 5.72. The molecule has 0 fully saturated rings. The highest BCUT2D eigenvalue weighted by Crippen LogP contribution is 2.26. The Balaban J connectivity index is 2.19. The molecule has 2 aromatic heterocycles. The Morgan fingerprint density at radius 1 is 1.26 bits per heavy atom. The normalized spacial score (nSPS) is 10.7. The standard InChI is InChI=1S/C14H20N4S/c1-4-18(9-12-7-5-6-10(2)16-12)14-17-11(3)13(8-15)19-14/h5-7H,4,8-9,15H2,1-3H3. The highest BCUT2D eigenvalue weighted by Gasteiger charge is 2.13. The largest absolute Gasteiger partial charge is 0.342 e. The van der Waals surface area contributed by atoms with Crippen LogP contribution in [-0.4, -0.2) is 16.5 Å². The van der Waals surface area contributed by atoms with Crippen LogP contribution in [0, 0.1) is 13.8 Å². The first-order valence-electron chi connectivity index (χ1n) is 6.48. The summed E-state index contributed by atoms with van der Waals surface area (Å²) >= 11 is 1.68. The minimum Gasteiger partial charge on any atom is -0.342 e. The van der Waals surface area contributed by atoms with E-state index < -0.39 is 0 Å². The average molecular weight is 276 g/mol. The summed E-state index contributed by atoms with van der Waals surface area (Å²) in [6, 6.07) is 6.11. The number of nitrogens with zero attached hydrogens (tertiary/aromatic N) is 3. The summed E-state index contributed by atoms with van der Waals surface area (Å²) in [7, 11) is 0. The third-order valence-corrected chi connectivity index (χ3v) is 4.26. The second-order valence-electron chi connectivity index (χ2n) is 4.49. The van der Waals surface area contributed by atoms with Gasteiger partial charge in [0.25, 0.3) is 0 Å². The minimum atomic E-state index is 0.559. The van der Waals surface area contributed by atoms with Gasteiger partial charge in [-0.05, 0) is 32.9 Å². The summed E-state index contributed by atoms with van der Waals surface area (Å²) in [4.78, 5) is 12.5. The van der Waals surface area contributed by atoms with Gasteiger partial charge in [-0.3, -0.25) is 4.98 Å². The first kappa shape index (κ1) is 14.0. The van der Waals surface area contributed by atoms with Crippen LogP contribution in [0.15, 0.2) is 18.2 Å². The number of hydrogen-bond donors (Lipinski definition) is 1. The van der Waals surface area contributed by atoms with Crippen LogP contribution in [0.2, 0.25) is 0 Å². The van der Waals surface area contributed by atoms with Crippen molar-refractivity contribution in [2.75, 3.05) is 11.4 Å². The van der Waals surface area contributed by atoms with Crippen LogP contribution in [0.1, 0.15) is 28.9 Å². The number of hydrogen-bond acceptors (Lipinski definition) is 5. The van der Waals surface area contributed by atoms with Gasteiger partial charge in [-0.25, -0.2) is 4.98 Å². The Morgan fingerprint density at radius 2 is 2.05 bits per heavy atom. The molecule has 102 valence electrons. The fraction of sp³-hybridized carbons (Fsp3) is 0.429. The Bertz CT molecular complexity index is 550. The van der Waals surface area contributed by atoms with Gasteiger partial charge in [-0.1, -0.05) is 6.07 Å². The minimum absolute atomic E-state index is 0.559. The van der Waals surface area contributed by atoms with Gasteiger partial charge in [0.05, 0.1) is 17.9 Å². The van der Waals surface area contributed by atoms with Crippen LogP contribution < -0.4 is 10.6 Å². The SMILES string of the molecule is CCN(Cc1cccc(C)n1)c1nc(C)c(CN)s1. The molecule has 2 N–H and O–H groups in total. The first-order chi connectivity index (χ1) is 9.13. The van der Waals surface area contributed by atoms with Gasteiger partial charge in [-0.2, -0.15) is 0 Å². The molecule has 0 spiro atoms. The van der Waals surface area contributed by atoms with Crippen molar-refractivity contribution < 1.29 is 0 Å². The number of anilines is 1. The highest BCUT2D eigenvalue weighted by atomic mass is 32.1. The number of aryl methyl sites for hydroxylation is 2. The molecule has 0 unspecified atom stereocenters. The zero-order valence-corrected chi connectivity index (χ0v) is 12.5. The monoisotopic (exact) mass is 276 g/mol. The number of thiazole rings is 1. The molecule has 0 aliphatic carbocycles. The van der Waals surface area contributed by atoms with Crippen molar-refractivity contribution in [1.29, 1.82) is 0 Å². The maximum atomic E-state index is 5.72. The zero-order chi connectivity index (χ0) is 13.8. The third-order valence-electron chi connectivity index (χ3n) is 3.02. The lowest BCUT2D eigenvalue weighted by Crippen LogP contribution is -2.22. The van der Waals surface area contributed by atoms with E-state index in [4.69, 9.17) is 5.73 Å². The Morgan fingerprint density at radius 3 is 2.63 bits per heavy atom. The van der Waals surface area contributed by atoms with Crippen LogP contribution in [-0.2, 0) is 13.1 Å². The van der Waals surface area contributed by atoms with Gasteiger partial charge in [0.15, 0.2) is 5.13 Å². The van der Waals surface area contributed by atoms with E-state index in [0.717, 1.165) is 40.2 Å². The van der Waals surface area contributed by atoms with E-state index in [0.29, 0.717) is 6.54 Å². The van der Waals surface area contributed by atoms with E-state index in [1.165, 1.54) is 0 Å². The van der Waals surface area contributed by atoms with Crippen LogP contribution in [0.3, 0.4) is 0 Å². The van der Waals surface area contributed by atoms with Crippen LogP contribution in [0.4, 0.5) is 5.13 Å². The molecule has 0 radical (unpaired) electrons. The van der Waals surface area contributed by atoms with Crippen molar-refractivity contribution in [2.24, 2.45) is 5.73 Å². The second-order valence-corrected chi connectivity index (χ2v) is 5.56. The molecule has 0 aliphatic rings. The second kappa shape index (κ2) is 6.12. The van der Waals surface area contributed by atoms with E-state index in [-0.39, 0.29) is 0 Å². The lowest BCUT2D eigenvalue weighted by molar-refractivity contribution is 0.799. The van der Waals surface area contributed by atoms with Gasteiger partial charge in [0.2, 0.25) is 0 Å². The molecule has 4 nitrogen and oxygen atoms in total. The number of pyridine rings is 1. The summed E-state index contributed by atoms with van der Waals surface area (Å²) in [6.07, 6.45) is 0. The van der Waals surface area contributed by atoms with E-state index >= 15 is 0 Å². The van der Waals surface area contributed by atoms with E-state index in [9.17, 15) is 0 Å². The van der Waals surface area contributed by atoms with Crippen molar-refractivity contribution in [3.63, 3.8) is 0 Å². The van der Waals surface area contributed by atoms with Crippen molar-refractivity contribution in [3.8, 4) is 0 Å². The lowest BCUT2D eigenvalue weighted by atomic mass is 10.3. The van der Waals surface area contributed by atoms with Gasteiger partial charge in [-0.15, -0.1) is 11.3 Å². The highest BCUT2D eigenvalue weighted by molar-refractivity contribution is 7.15. The van der Waals surface area contributed by atoms with Crippen LogP contribution in [0.25, 0.3) is 0 Å². The smallest absolute Gasteiger partial charge is 0.186 e. The summed E-state index contributed by atoms with van der Waals surface area (Å²) in [5.41, 5.74) is 8.88. The fourth-order valence-electron chi connectivity index (χ4n) is 1.94. The molecule has 0 saturated heterocycles. The molecule has 19 heavy (non-hydrogen) atoms. The molecular formula is C14H20N4S. The van der Waals surface area contributed by atoms with Crippen LogP contribution >= 0.6 is 11.3 Å². The predicted octanol–water partition coefficient (Wildman–Crippen LogP) is 2.64. The summed E-state index contributed by atoms with van der Waals surface area (Å²) in [6.45, 7) is 8.42. The maximum Gasteiger partial charge on any atom is 0.186 e. The van der Waals surface area contributed by atoms with E-state index in [1.54, 1.807) is 11.3 Å². The number of aromatic nitrogens is 2. The van der Waals surface area contributed by atoms with E-state index in [2.05, 4.69) is 27.9 Å². The molecule has 2 aromatic rings. The molecule has 0 aliphatic heterocycles. The van der Waals surface area contributed by atoms with Gasteiger partial charge < -0.3 is 10.6 Å². The Kier molecular flexibility index (Phi) is 4.50. The van der Waals surface area contributed by atoms with Crippen molar-refractivity contribution in [1.82, 2.24) is 9.97 Å². The summed E-state index contributed by atoms with van der Waals surface area (Å²) in [5.74, 6) is 0. The predicted molar refractivity (Wildman–Crippen MR) is 80.4 cm³/mol. The van der Waals surface area contributed by atoms with Crippen molar-refractivity contribution in [2.45, 2.75) is 33.9 Å². The van der Waals surface area contributed by atoms with E-state index in [1.807, 2.05) is 26.0 Å². The molecule has 0 amide bonds. The topological polar surface area (TPSA) is 55.0 Å². The summed E-state index contributed by atoms with van der Waals surface area (Å²) < 4.78 is 0. The van der Waals surface area contributed by atoms with Gasteiger partial charge in [0.1, 0.15) is 0 Å².